The summed E-state index contributed by atoms with van der Waals surface area (Å²) in [4.78, 5) is 5.04. The summed E-state index contributed by atoms with van der Waals surface area (Å²) < 4.78 is 0. The second-order valence-corrected chi connectivity index (χ2v) is 5.49. The Balaban J connectivity index is 2.29. The Labute approximate surface area is 90.1 Å². The molecule has 0 bridgehead atoms. The van der Waals surface area contributed by atoms with E-state index in [9.17, 15) is 0 Å². The van der Waals surface area contributed by atoms with Crippen molar-refractivity contribution >= 4 is 7.98 Å². The quantitative estimate of drug-likeness (QED) is 0.618. The van der Waals surface area contributed by atoms with Crippen LogP contribution in [0.3, 0.4) is 0 Å². The summed E-state index contributed by atoms with van der Waals surface area (Å²) in [5.41, 5.74) is 0.505. The first kappa shape index (κ1) is 12.1. The summed E-state index contributed by atoms with van der Waals surface area (Å²) >= 11 is 0. The van der Waals surface area contributed by atoms with Crippen LogP contribution in [0.4, 0.5) is 0 Å². The minimum absolute atomic E-state index is 0.505. The third-order valence-electron chi connectivity index (χ3n) is 3.17. The Kier molecular flexibility index (Phi) is 4.46. The predicted molar refractivity (Wildman–Crippen MR) is 65.2 cm³/mol. The summed E-state index contributed by atoms with van der Waals surface area (Å²) in [6, 6.07) is 0. The molecule has 82 valence electrons. The van der Waals surface area contributed by atoms with Gasteiger partial charge in [0, 0.05) is 19.6 Å². The maximum atomic E-state index is 2.62. The van der Waals surface area contributed by atoms with Crippen molar-refractivity contribution in [2.75, 3.05) is 32.7 Å². The molecule has 14 heavy (non-hydrogen) atoms. The highest BCUT2D eigenvalue weighted by Gasteiger charge is 2.22. The molecule has 0 aliphatic carbocycles. The van der Waals surface area contributed by atoms with Crippen molar-refractivity contribution in [2.45, 2.75) is 33.6 Å². The average Bonchev–Trinajstić information content (AvgIpc) is 2.08. The molecule has 0 atom stereocenters. The molecule has 0 aromatic rings. The number of rotatable bonds is 4. The van der Waals surface area contributed by atoms with Gasteiger partial charge in [0.25, 0.3) is 0 Å². The van der Waals surface area contributed by atoms with Gasteiger partial charge in [0.2, 0.25) is 0 Å². The molecule has 0 aromatic heterocycles. The Bertz CT molecular complexity index is 163. The zero-order valence-corrected chi connectivity index (χ0v) is 10.3. The molecule has 1 aliphatic rings. The van der Waals surface area contributed by atoms with E-state index in [-0.39, 0.29) is 0 Å². The minimum Gasteiger partial charge on any atom is -0.346 e. The summed E-state index contributed by atoms with van der Waals surface area (Å²) in [6.07, 6.45) is 2.65. The third kappa shape index (κ3) is 4.01. The van der Waals surface area contributed by atoms with E-state index in [1.54, 1.807) is 0 Å². The largest absolute Gasteiger partial charge is 0.346 e. The molecular weight excluding hydrogens is 171 g/mol. The van der Waals surface area contributed by atoms with E-state index in [0.717, 1.165) is 0 Å². The van der Waals surface area contributed by atoms with Gasteiger partial charge in [-0.25, -0.2) is 0 Å². The van der Waals surface area contributed by atoms with Gasteiger partial charge in [-0.15, -0.1) is 0 Å². The van der Waals surface area contributed by atoms with E-state index < -0.39 is 0 Å². The zero-order valence-electron chi connectivity index (χ0n) is 10.3. The lowest BCUT2D eigenvalue weighted by Gasteiger charge is -2.38. The maximum Gasteiger partial charge on any atom is 0.185 e. The highest BCUT2D eigenvalue weighted by atomic mass is 15.2. The van der Waals surface area contributed by atoms with Gasteiger partial charge in [-0.2, -0.15) is 0 Å². The molecule has 0 aromatic carbocycles. The van der Waals surface area contributed by atoms with Crippen molar-refractivity contribution in [3.8, 4) is 0 Å². The molecule has 2 nitrogen and oxygen atoms in total. The van der Waals surface area contributed by atoms with Crippen LogP contribution in [-0.2, 0) is 0 Å². The van der Waals surface area contributed by atoms with E-state index >= 15 is 0 Å². The molecule has 1 heterocycles. The maximum absolute atomic E-state index is 2.62. The molecule has 0 saturated carbocycles. The van der Waals surface area contributed by atoms with Crippen LogP contribution in [0.2, 0.25) is 0 Å². The first-order valence-electron chi connectivity index (χ1n) is 5.94. The van der Waals surface area contributed by atoms with Crippen LogP contribution in [0.1, 0.15) is 33.6 Å². The molecule has 0 amide bonds. The number of piperazine rings is 1. The van der Waals surface area contributed by atoms with Crippen LogP contribution in [0.25, 0.3) is 0 Å². The normalized spacial score (nSPS) is 21.4. The van der Waals surface area contributed by atoms with Crippen molar-refractivity contribution in [1.29, 1.82) is 0 Å². The average molecular weight is 196 g/mol. The summed E-state index contributed by atoms with van der Waals surface area (Å²) in [5.74, 6) is 0. The first-order chi connectivity index (χ1) is 6.53. The van der Waals surface area contributed by atoms with Crippen LogP contribution in [0.5, 0.6) is 0 Å². The molecular formula is C11H25BN2. The smallest absolute Gasteiger partial charge is 0.185 e. The van der Waals surface area contributed by atoms with Crippen molar-refractivity contribution < 1.29 is 0 Å². The van der Waals surface area contributed by atoms with Crippen molar-refractivity contribution in [3.05, 3.63) is 0 Å². The fraction of sp³-hybridized carbons (Fsp3) is 1.00. The van der Waals surface area contributed by atoms with Crippen LogP contribution >= 0.6 is 0 Å². The van der Waals surface area contributed by atoms with Crippen molar-refractivity contribution in [3.63, 3.8) is 0 Å². The molecule has 1 fully saturated rings. The third-order valence-corrected chi connectivity index (χ3v) is 3.17. The summed E-state index contributed by atoms with van der Waals surface area (Å²) in [6.45, 7) is 13.3. The summed E-state index contributed by atoms with van der Waals surface area (Å²) in [7, 11) is 2.22. The topological polar surface area (TPSA) is 6.48 Å². The molecule has 1 saturated heterocycles. The highest BCUT2D eigenvalue weighted by molar-refractivity contribution is 6.04. The standard InChI is InChI=1S/C11H25BN2/c1-4-5-11(2,3)10-13-6-8-14(12)9-7-13/h4-10,12H2,1-3H3. The van der Waals surface area contributed by atoms with E-state index in [2.05, 4.69) is 38.5 Å². The Morgan fingerprint density at radius 2 is 1.71 bits per heavy atom. The molecule has 0 spiro atoms. The van der Waals surface area contributed by atoms with Crippen LogP contribution < -0.4 is 0 Å². The Morgan fingerprint density at radius 3 is 2.21 bits per heavy atom. The first-order valence-corrected chi connectivity index (χ1v) is 5.94. The van der Waals surface area contributed by atoms with Gasteiger partial charge in [-0.1, -0.05) is 27.2 Å². The Hall–Kier alpha value is -0.0151. The van der Waals surface area contributed by atoms with Gasteiger partial charge in [0.15, 0.2) is 7.98 Å². The van der Waals surface area contributed by atoms with Crippen molar-refractivity contribution in [2.24, 2.45) is 5.41 Å². The molecule has 0 unspecified atom stereocenters. The van der Waals surface area contributed by atoms with Gasteiger partial charge in [0.05, 0.1) is 0 Å². The number of hydrogen-bond acceptors (Lipinski definition) is 2. The van der Waals surface area contributed by atoms with Gasteiger partial charge in [-0.05, 0) is 24.9 Å². The molecule has 0 radical (unpaired) electrons. The van der Waals surface area contributed by atoms with Crippen molar-refractivity contribution in [1.82, 2.24) is 9.71 Å². The monoisotopic (exact) mass is 196 g/mol. The fourth-order valence-corrected chi connectivity index (χ4v) is 2.37. The predicted octanol–water partition coefficient (Wildman–Crippen LogP) is 0.978. The van der Waals surface area contributed by atoms with E-state index in [1.165, 1.54) is 45.6 Å². The van der Waals surface area contributed by atoms with Crippen LogP contribution in [-0.4, -0.2) is 50.4 Å². The van der Waals surface area contributed by atoms with E-state index in [1.807, 2.05) is 0 Å². The lowest BCUT2D eigenvalue weighted by Crippen LogP contribution is -2.48. The molecule has 0 N–H and O–H groups in total. The van der Waals surface area contributed by atoms with Gasteiger partial charge in [-0.3, -0.25) is 0 Å². The van der Waals surface area contributed by atoms with Gasteiger partial charge >= 0.3 is 0 Å². The molecule has 3 heteroatoms. The highest BCUT2D eigenvalue weighted by Crippen LogP contribution is 2.23. The van der Waals surface area contributed by atoms with Crippen LogP contribution in [0.15, 0.2) is 0 Å². The van der Waals surface area contributed by atoms with E-state index in [4.69, 9.17) is 0 Å². The fourth-order valence-electron chi connectivity index (χ4n) is 2.37. The lowest BCUT2D eigenvalue weighted by molar-refractivity contribution is 0.127. The lowest BCUT2D eigenvalue weighted by atomic mass is 9.87. The molecule has 1 aliphatic heterocycles. The second kappa shape index (κ2) is 5.17. The van der Waals surface area contributed by atoms with Gasteiger partial charge in [0.1, 0.15) is 0 Å². The second-order valence-electron chi connectivity index (χ2n) is 5.49. The molecule has 1 rings (SSSR count). The van der Waals surface area contributed by atoms with Gasteiger partial charge < -0.3 is 9.71 Å². The number of nitrogens with zero attached hydrogens (tertiary/aromatic N) is 2. The summed E-state index contributed by atoms with van der Waals surface area (Å²) in [5, 5.41) is 0. The SMILES string of the molecule is BN1CCN(CC(C)(C)CCC)CC1. The van der Waals surface area contributed by atoms with Crippen LogP contribution in [0, 0.1) is 5.41 Å². The zero-order chi connectivity index (χ0) is 10.6. The minimum atomic E-state index is 0.505. The Morgan fingerprint density at radius 1 is 1.14 bits per heavy atom. The van der Waals surface area contributed by atoms with E-state index in [0.29, 0.717) is 5.41 Å². The number of hydrogen-bond donors (Lipinski definition) is 0.